The topological polar surface area (TPSA) is 0 Å². The van der Waals surface area contributed by atoms with Gasteiger partial charge in [-0.3, -0.25) is 0 Å². The minimum atomic E-state index is 0.551. The van der Waals surface area contributed by atoms with Crippen molar-refractivity contribution in [2.24, 2.45) is 0 Å². The Morgan fingerprint density at radius 1 is 0.731 bits per heavy atom. The number of hydrogen-bond donors (Lipinski definition) is 0. The zero-order valence-electron chi connectivity index (χ0n) is 15.7. The van der Waals surface area contributed by atoms with Gasteiger partial charge in [0, 0.05) is 3.57 Å². The van der Waals surface area contributed by atoms with Crippen LogP contribution in [0.25, 0.3) is 11.1 Å². The molecule has 0 saturated heterocycles. The molecule has 0 amide bonds. The molecule has 0 fully saturated rings. The van der Waals surface area contributed by atoms with Gasteiger partial charge in [0.1, 0.15) is 0 Å². The Labute approximate surface area is 171 Å². The highest BCUT2D eigenvalue weighted by molar-refractivity contribution is 14.1. The van der Waals surface area contributed by atoms with Crippen molar-refractivity contribution in [3.63, 3.8) is 0 Å². The van der Waals surface area contributed by atoms with Crippen molar-refractivity contribution in [1.29, 1.82) is 0 Å². The van der Waals surface area contributed by atoms with Crippen molar-refractivity contribution in [2.45, 2.75) is 33.1 Å². The van der Waals surface area contributed by atoms with Crippen LogP contribution in [0.5, 0.6) is 0 Å². The summed E-state index contributed by atoms with van der Waals surface area (Å²) in [6.07, 6.45) is 0.997. The molecular weight excluding hydrogens is 427 g/mol. The molecule has 0 aliphatic carbocycles. The zero-order valence-corrected chi connectivity index (χ0v) is 17.8. The molecule has 0 atom stereocenters. The van der Waals surface area contributed by atoms with E-state index >= 15 is 0 Å². The summed E-state index contributed by atoms with van der Waals surface area (Å²) in [5.74, 6) is 0.551. The molecule has 0 heterocycles. The maximum absolute atomic E-state index is 2.37. The number of allylic oxidation sites excluding steroid dienone is 1. The van der Waals surface area contributed by atoms with Crippen LogP contribution >= 0.6 is 22.6 Å². The number of hydrogen-bond acceptors (Lipinski definition) is 0. The molecule has 26 heavy (non-hydrogen) atoms. The highest BCUT2D eigenvalue weighted by Crippen LogP contribution is 2.35. The van der Waals surface area contributed by atoms with Gasteiger partial charge in [0.2, 0.25) is 0 Å². The van der Waals surface area contributed by atoms with Gasteiger partial charge in [-0.15, -0.1) is 0 Å². The van der Waals surface area contributed by atoms with Crippen LogP contribution in [0.2, 0.25) is 0 Å². The van der Waals surface area contributed by atoms with Gasteiger partial charge in [-0.1, -0.05) is 87.5 Å². The predicted molar refractivity (Wildman–Crippen MR) is 122 cm³/mol. The Morgan fingerprint density at radius 2 is 1.27 bits per heavy atom. The molecule has 1 heteroatoms. The van der Waals surface area contributed by atoms with Crippen LogP contribution < -0.4 is 0 Å². The summed E-state index contributed by atoms with van der Waals surface area (Å²) in [5, 5.41) is 0. The molecule has 0 radical (unpaired) electrons. The molecule has 3 aromatic carbocycles. The van der Waals surface area contributed by atoms with E-state index in [0.29, 0.717) is 5.92 Å². The van der Waals surface area contributed by atoms with Crippen molar-refractivity contribution in [1.82, 2.24) is 0 Å². The lowest BCUT2D eigenvalue weighted by Crippen LogP contribution is -1.96. The third kappa shape index (κ3) is 4.27. The molecule has 3 rings (SSSR count). The molecule has 3 aromatic rings. The van der Waals surface area contributed by atoms with Crippen LogP contribution in [0, 0.1) is 3.57 Å². The van der Waals surface area contributed by atoms with E-state index in [0.717, 1.165) is 6.42 Å². The molecule has 0 saturated carbocycles. The predicted octanol–water partition coefficient (Wildman–Crippen LogP) is 7.78. The van der Waals surface area contributed by atoms with E-state index < -0.39 is 0 Å². The average molecular weight is 452 g/mol. The summed E-state index contributed by atoms with van der Waals surface area (Å²) in [7, 11) is 0. The van der Waals surface area contributed by atoms with E-state index in [1.807, 2.05) is 0 Å². The monoisotopic (exact) mass is 452 g/mol. The fraction of sp³-hybridized carbons (Fsp3) is 0.200. The fourth-order valence-corrected chi connectivity index (χ4v) is 3.69. The maximum atomic E-state index is 2.37. The Bertz CT molecular complexity index is 870. The third-order valence-electron chi connectivity index (χ3n) is 4.78. The first kappa shape index (κ1) is 18.9. The van der Waals surface area contributed by atoms with Crippen LogP contribution in [0.4, 0.5) is 0 Å². The molecule has 0 spiro atoms. The normalized spacial score (nSPS) is 12.2. The quantitative estimate of drug-likeness (QED) is 0.274. The summed E-state index contributed by atoms with van der Waals surface area (Å²) in [6.45, 7) is 6.73. The van der Waals surface area contributed by atoms with E-state index in [2.05, 4.69) is 122 Å². The van der Waals surface area contributed by atoms with E-state index in [1.54, 1.807) is 0 Å². The van der Waals surface area contributed by atoms with E-state index in [4.69, 9.17) is 0 Å². The van der Waals surface area contributed by atoms with Gasteiger partial charge < -0.3 is 0 Å². The molecule has 0 nitrogen and oxygen atoms in total. The van der Waals surface area contributed by atoms with Gasteiger partial charge in [-0.05, 0) is 80.5 Å². The SMILES string of the molecule is CC/C(=C(\c1ccc(I)cc1)c1ccc(C(C)C)cc1)c1ccccc1. The van der Waals surface area contributed by atoms with Crippen molar-refractivity contribution >= 4 is 33.7 Å². The van der Waals surface area contributed by atoms with Crippen LogP contribution in [-0.2, 0) is 0 Å². The summed E-state index contributed by atoms with van der Waals surface area (Å²) in [4.78, 5) is 0. The van der Waals surface area contributed by atoms with E-state index in [-0.39, 0.29) is 0 Å². The van der Waals surface area contributed by atoms with Gasteiger partial charge in [-0.2, -0.15) is 0 Å². The van der Waals surface area contributed by atoms with Crippen LogP contribution in [0.15, 0.2) is 78.9 Å². The van der Waals surface area contributed by atoms with Crippen molar-refractivity contribution in [3.05, 3.63) is 105 Å². The van der Waals surface area contributed by atoms with Crippen molar-refractivity contribution in [2.75, 3.05) is 0 Å². The molecule has 0 aliphatic heterocycles. The number of rotatable bonds is 5. The average Bonchev–Trinajstić information content (AvgIpc) is 2.68. The second kappa shape index (κ2) is 8.68. The van der Waals surface area contributed by atoms with Gasteiger partial charge in [0.25, 0.3) is 0 Å². The zero-order chi connectivity index (χ0) is 18.5. The van der Waals surface area contributed by atoms with Crippen molar-refractivity contribution in [3.8, 4) is 0 Å². The lowest BCUT2D eigenvalue weighted by molar-refractivity contribution is 0.866. The largest absolute Gasteiger partial charge is 0.0622 e. The second-order valence-corrected chi connectivity index (χ2v) is 8.10. The number of benzene rings is 3. The van der Waals surface area contributed by atoms with Gasteiger partial charge in [0.15, 0.2) is 0 Å². The number of halogens is 1. The van der Waals surface area contributed by atoms with Gasteiger partial charge >= 0.3 is 0 Å². The standard InChI is InChI=1S/C25H25I/c1-4-24(20-8-6-5-7-9-20)25(22-14-16-23(26)17-15-22)21-12-10-19(11-13-21)18(2)3/h5-18H,4H2,1-3H3/b25-24+. The van der Waals surface area contributed by atoms with Crippen LogP contribution in [-0.4, -0.2) is 0 Å². The van der Waals surface area contributed by atoms with E-state index in [1.165, 1.54) is 37.0 Å². The van der Waals surface area contributed by atoms with E-state index in [9.17, 15) is 0 Å². The first-order valence-electron chi connectivity index (χ1n) is 9.25. The van der Waals surface area contributed by atoms with Crippen LogP contribution in [0.1, 0.15) is 55.4 Å². The Hall–Kier alpha value is -1.87. The highest BCUT2D eigenvalue weighted by atomic mass is 127. The Balaban J connectivity index is 2.22. The summed E-state index contributed by atoms with van der Waals surface area (Å²) in [5.41, 5.74) is 7.99. The van der Waals surface area contributed by atoms with Gasteiger partial charge in [-0.25, -0.2) is 0 Å². The molecule has 0 bridgehead atoms. The highest BCUT2D eigenvalue weighted by Gasteiger charge is 2.13. The minimum absolute atomic E-state index is 0.551. The van der Waals surface area contributed by atoms with Gasteiger partial charge in [0.05, 0.1) is 0 Å². The fourth-order valence-electron chi connectivity index (χ4n) is 3.33. The molecule has 132 valence electrons. The smallest absolute Gasteiger partial charge is 0.0130 e. The maximum Gasteiger partial charge on any atom is 0.0130 e. The van der Waals surface area contributed by atoms with Crippen LogP contribution in [0.3, 0.4) is 0 Å². The Kier molecular flexibility index (Phi) is 6.31. The van der Waals surface area contributed by atoms with Crippen molar-refractivity contribution < 1.29 is 0 Å². The summed E-state index contributed by atoms with van der Waals surface area (Å²) in [6, 6.07) is 28.7. The summed E-state index contributed by atoms with van der Waals surface area (Å²) >= 11 is 2.37. The third-order valence-corrected chi connectivity index (χ3v) is 5.50. The minimum Gasteiger partial charge on any atom is -0.0622 e. The lowest BCUT2D eigenvalue weighted by atomic mass is 9.87. The molecule has 0 N–H and O–H groups in total. The second-order valence-electron chi connectivity index (χ2n) is 6.86. The Morgan fingerprint density at radius 3 is 1.77 bits per heavy atom. The molecule has 0 unspecified atom stereocenters. The summed E-state index contributed by atoms with van der Waals surface area (Å²) < 4.78 is 1.26. The first-order valence-corrected chi connectivity index (χ1v) is 10.3. The molecular formula is C25H25I. The molecule has 0 aromatic heterocycles. The first-order chi connectivity index (χ1) is 12.6. The lowest BCUT2D eigenvalue weighted by Gasteiger charge is -2.17. The molecule has 0 aliphatic rings.